The molecule has 0 bridgehead atoms. The Labute approximate surface area is 103 Å². The van der Waals surface area contributed by atoms with Gasteiger partial charge in [0.25, 0.3) is 5.69 Å². The van der Waals surface area contributed by atoms with Crippen LogP contribution < -0.4 is 0 Å². The molecule has 0 unspecified atom stereocenters. The van der Waals surface area contributed by atoms with E-state index in [1.807, 2.05) is 0 Å². The molecule has 5 nitrogen and oxygen atoms in total. The standard InChI is InChI=1S/C11H13NO4S/c1-7-5-4-6-8(9(7)12(15)16)17-11(2,3)10(13)14/h4-6H,1-3H3,(H,13,14). The molecule has 0 aliphatic heterocycles. The first kappa shape index (κ1) is 13.5. The predicted molar refractivity (Wildman–Crippen MR) is 65.4 cm³/mol. The highest BCUT2D eigenvalue weighted by atomic mass is 32.2. The SMILES string of the molecule is Cc1cccc(SC(C)(C)C(=O)O)c1[N+](=O)[O-]. The molecular formula is C11H13NO4S. The summed E-state index contributed by atoms with van der Waals surface area (Å²) in [4.78, 5) is 21.8. The summed E-state index contributed by atoms with van der Waals surface area (Å²) >= 11 is 0.982. The summed E-state index contributed by atoms with van der Waals surface area (Å²) in [6.07, 6.45) is 0. The van der Waals surface area contributed by atoms with Crippen LogP contribution in [-0.2, 0) is 4.79 Å². The van der Waals surface area contributed by atoms with Gasteiger partial charge in [0.2, 0.25) is 0 Å². The minimum absolute atomic E-state index is 0.0215. The highest BCUT2D eigenvalue weighted by Gasteiger charge is 2.31. The molecule has 0 aliphatic carbocycles. The molecule has 0 amide bonds. The number of hydrogen-bond acceptors (Lipinski definition) is 4. The number of aliphatic carboxylic acids is 1. The first-order chi connectivity index (χ1) is 7.75. The largest absolute Gasteiger partial charge is 0.480 e. The molecule has 0 fully saturated rings. The Morgan fingerprint density at radius 3 is 2.53 bits per heavy atom. The first-order valence-electron chi connectivity index (χ1n) is 4.92. The van der Waals surface area contributed by atoms with Gasteiger partial charge in [0.1, 0.15) is 4.75 Å². The summed E-state index contributed by atoms with van der Waals surface area (Å²) in [6, 6.07) is 4.89. The van der Waals surface area contributed by atoms with E-state index in [0.29, 0.717) is 10.5 Å². The van der Waals surface area contributed by atoms with Gasteiger partial charge in [-0.3, -0.25) is 14.9 Å². The van der Waals surface area contributed by atoms with Crippen molar-refractivity contribution in [1.29, 1.82) is 0 Å². The van der Waals surface area contributed by atoms with E-state index < -0.39 is 15.6 Å². The highest BCUT2D eigenvalue weighted by Crippen LogP contribution is 2.39. The van der Waals surface area contributed by atoms with E-state index in [2.05, 4.69) is 0 Å². The zero-order chi connectivity index (χ0) is 13.2. The number of nitro groups is 1. The zero-order valence-electron chi connectivity index (χ0n) is 9.76. The summed E-state index contributed by atoms with van der Waals surface area (Å²) in [5.74, 6) is -1.00. The quantitative estimate of drug-likeness (QED) is 0.508. The number of benzene rings is 1. The second kappa shape index (κ2) is 4.75. The Balaban J connectivity index is 3.20. The molecule has 1 N–H and O–H groups in total. The fourth-order valence-electron chi connectivity index (χ4n) is 1.27. The molecule has 6 heteroatoms. The second-order valence-electron chi connectivity index (χ2n) is 4.10. The van der Waals surface area contributed by atoms with Crippen LogP contribution in [0.1, 0.15) is 19.4 Å². The lowest BCUT2D eigenvalue weighted by molar-refractivity contribution is -0.388. The predicted octanol–water partition coefficient (Wildman–Crippen LogP) is 2.86. The molecule has 0 saturated carbocycles. The van der Waals surface area contributed by atoms with Gasteiger partial charge >= 0.3 is 5.97 Å². The molecule has 17 heavy (non-hydrogen) atoms. The topological polar surface area (TPSA) is 80.4 Å². The Hall–Kier alpha value is -1.56. The van der Waals surface area contributed by atoms with Crippen molar-refractivity contribution in [3.05, 3.63) is 33.9 Å². The average molecular weight is 255 g/mol. The van der Waals surface area contributed by atoms with E-state index in [0.717, 1.165) is 11.8 Å². The average Bonchev–Trinajstić information content (AvgIpc) is 2.15. The fraction of sp³-hybridized carbons (Fsp3) is 0.364. The van der Waals surface area contributed by atoms with E-state index in [1.54, 1.807) is 25.1 Å². The molecule has 0 spiro atoms. The lowest BCUT2D eigenvalue weighted by Gasteiger charge is -2.18. The number of aryl methyl sites for hydroxylation is 1. The summed E-state index contributed by atoms with van der Waals surface area (Å²) in [5.41, 5.74) is 0.507. The minimum atomic E-state index is -1.10. The summed E-state index contributed by atoms with van der Waals surface area (Å²) in [5, 5.41) is 20.0. The van der Waals surface area contributed by atoms with Crippen LogP contribution in [0.4, 0.5) is 5.69 Å². The van der Waals surface area contributed by atoms with Crippen LogP contribution in [0.3, 0.4) is 0 Å². The third-order valence-corrected chi connectivity index (χ3v) is 3.50. The summed E-state index contributed by atoms with van der Waals surface area (Å²) in [6.45, 7) is 4.67. The number of rotatable bonds is 4. The molecule has 0 heterocycles. The second-order valence-corrected chi connectivity index (χ2v) is 5.76. The maximum absolute atomic E-state index is 11.0. The molecule has 0 saturated heterocycles. The first-order valence-corrected chi connectivity index (χ1v) is 5.74. The van der Waals surface area contributed by atoms with Crippen molar-refractivity contribution in [3.8, 4) is 0 Å². The van der Waals surface area contributed by atoms with E-state index >= 15 is 0 Å². The van der Waals surface area contributed by atoms with E-state index in [4.69, 9.17) is 5.11 Å². The van der Waals surface area contributed by atoms with Gasteiger partial charge in [-0.05, 0) is 26.8 Å². The van der Waals surface area contributed by atoms with E-state index in [9.17, 15) is 14.9 Å². The van der Waals surface area contributed by atoms with Crippen LogP contribution >= 0.6 is 11.8 Å². The van der Waals surface area contributed by atoms with Crippen molar-refractivity contribution in [2.24, 2.45) is 0 Å². The number of carboxylic acid groups (broad SMARTS) is 1. The van der Waals surface area contributed by atoms with Gasteiger partial charge in [-0.25, -0.2) is 0 Å². The molecule has 0 aliphatic rings. The number of para-hydroxylation sites is 1. The molecule has 1 aromatic rings. The summed E-state index contributed by atoms with van der Waals surface area (Å²) < 4.78 is -1.10. The molecule has 0 atom stereocenters. The van der Waals surface area contributed by atoms with E-state index in [1.165, 1.54) is 13.8 Å². The maximum atomic E-state index is 11.0. The smallest absolute Gasteiger partial charge is 0.319 e. The fourth-order valence-corrected chi connectivity index (χ4v) is 2.38. The van der Waals surface area contributed by atoms with Gasteiger partial charge < -0.3 is 5.11 Å². The maximum Gasteiger partial charge on any atom is 0.319 e. The normalized spacial score (nSPS) is 11.2. The molecule has 1 aromatic carbocycles. The molecule has 92 valence electrons. The number of carboxylic acids is 1. The van der Waals surface area contributed by atoms with Gasteiger partial charge in [0.15, 0.2) is 0 Å². The van der Waals surface area contributed by atoms with Crippen LogP contribution in [0.25, 0.3) is 0 Å². The molecular weight excluding hydrogens is 242 g/mol. The lowest BCUT2D eigenvalue weighted by Crippen LogP contribution is -2.27. The van der Waals surface area contributed by atoms with Crippen molar-refractivity contribution in [1.82, 2.24) is 0 Å². The third-order valence-electron chi connectivity index (χ3n) is 2.26. The van der Waals surface area contributed by atoms with Gasteiger partial charge in [-0.1, -0.05) is 12.1 Å². The highest BCUT2D eigenvalue weighted by molar-refractivity contribution is 8.01. The Bertz CT molecular complexity index is 471. The minimum Gasteiger partial charge on any atom is -0.480 e. The molecule has 0 aromatic heterocycles. The Kier molecular flexibility index (Phi) is 3.77. The lowest BCUT2D eigenvalue weighted by atomic mass is 10.2. The monoisotopic (exact) mass is 255 g/mol. The van der Waals surface area contributed by atoms with Crippen LogP contribution in [0.15, 0.2) is 23.1 Å². The van der Waals surface area contributed by atoms with Crippen LogP contribution in [-0.4, -0.2) is 20.7 Å². The van der Waals surface area contributed by atoms with Crippen molar-refractivity contribution in [2.45, 2.75) is 30.4 Å². The van der Waals surface area contributed by atoms with Crippen molar-refractivity contribution in [2.75, 3.05) is 0 Å². The molecule has 1 rings (SSSR count). The molecule has 0 radical (unpaired) electrons. The number of thioether (sulfide) groups is 1. The van der Waals surface area contributed by atoms with Gasteiger partial charge in [0.05, 0.1) is 9.82 Å². The van der Waals surface area contributed by atoms with Gasteiger partial charge in [-0.15, -0.1) is 11.8 Å². The van der Waals surface area contributed by atoms with E-state index in [-0.39, 0.29) is 5.69 Å². The number of nitro benzene ring substituents is 1. The zero-order valence-corrected chi connectivity index (χ0v) is 10.6. The Morgan fingerprint density at radius 1 is 1.47 bits per heavy atom. The van der Waals surface area contributed by atoms with Crippen molar-refractivity contribution >= 4 is 23.4 Å². The van der Waals surface area contributed by atoms with Gasteiger partial charge in [-0.2, -0.15) is 0 Å². The third kappa shape index (κ3) is 2.97. The van der Waals surface area contributed by atoms with Gasteiger partial charge in [0, 0.05) is 5.56 Å². The summed E-state index contributed by atoms with van der Waals surface area (Å²) in [7, 11) is 0. The Morgan fingerprint density at radius 2 is 2.06 bits per heavy atom. The van der Waals surface area contributed by atoms with Crippen molar-refractivity contribution < 1.29 is 14.8 Å². The number of hydrogen-bond donors (Lipinski definition) is 1. The van der Waals surface area contributed by atoms with Crippen LogP contribution in [0, 0.1) is 17.0 Å². The van der Waals surface area contributed by atoms with Crippen molar-refractivity contribution in [3.63, 3.8) is 0 Å². The number of carbonyl (C=O) groups is 1. The number of nitrogens with zero attached hydrogens (tertiary/aromatic N) is 1. The van der Waals surface area contributed by atoms with Crippen LogP contribution in [0.2, 0.25) is 0 Å². The van der Waals surface area contributed by atoms with Crippen LogP contribution in [0.5, 0.6) is 0 Å².